The maximum atomic E-state index is 10.2. The summed E-state index contributed by atoms with van der Waals surface area (Å²) in [5.74, 6) is 0. The Morgan fingerprint density at radius 2 is 2.00 bits per heavy atom. The highest BCUT2D eigenvalue weighted by molar-refractivity contribution is 6.34. The van der Waals surface area contributed by atoms with Gasteiger partial charge in [0, 0.05) is 6.20 Å². The van der Waals surface area contributed by atoms with Gasteiger partial charge in [-0.25, -0.2) is 0 Å². The summed E-state index contributed by atoms with van der Waals surface area (Å²) in [6, 6.07) is 0. The van der Waals surface area contributed by atoms with Crippen molar-refractivity contribution in [3.8, 4) is 0 Å². The van der Waals surface area contributed by atoms with Gasteiger partial charge < -0.3 is 5.73 Å². The molecule has 0 aliphatic carbocycles. The zero-order valence-corrected chi connectivity index (χ0v) is 5.86. The lowest BCUT2D eigenvalue weighted by Crippen LogP contribution is -2.03. The van der Waals surface area contributed by atoms with Crippen molar-refractivity contribution >= 4 is 18.3 Å². The van der Waals surface area contributed by atoms with Crippen LogP contribution >= 0.6 is 0 Å². The zero-order valence-electron chi connectivity index (χ0n) is 5.86. The van der Waals surface area contributed by atoms with Crippen molar-refractivity contribution < 1.29 is 9.59 Å². The van der Waals surface area contributed by atoms with E-state index in [0.717, 1.165) is 0 Å². The summed E-state index contributed by atoms with van der Waals surface area (Å²) < 4.78 is 0. The maximum absolute atomic E-state index is 10.2. The summed E-state index contributed by atoms with van der Waals surface area (Å²) in [5.41, 5.74) is 5.13. The van der Waals surface area contributed by atoms with Crippen molar-refractivity contribution in [3.05, 3.63) is 24.6 Å². The molecule has 2 N–H and O–H groups in total. The molecule has 11 heavy (non-hydrogen) atoms. The first-order valence-corrected chi connectivity index (χ1v) is 2.80. The zero-order chi connectivity index (χ0) is 8.69. The third kappa shape index (κ3) is 3.80. The predicted molar refractivity (Wildman–Crippen MR) is 42.0 cm³/mol. The van der Waals surface area contributed by atoms with Gasteiger partial charge in [-0.3, -0.25) is 14.6 Å². The monoisotopic (exact) mass is 152 g/mol. The Balaban J connectivity index is 4.53. The third-order valence-corrected chi connectivity index (χ3v) is 0.812. The fraction of sp³-hybridized carbons (Fsp3) is 0. The molecule has 0 aromatic carbocycles. The van der Waals surface area contributed by atoms with E-state index in [2.05, 4.69) is 11.6 Å². The molecule has 0 rings (SSSR count). The second-order valence-electron chi connectivity index (χ2n) is 1.62. The van der Waals surface area contributed by atoms with Crippen LogP contribution in [0.5, 0.6) is 0 Å². The van der Waals surface area contributed by atoms with Gasteiger partial charge in [-0.1, -0.05) is 6.58 Å². The molecule has 0 atom stereocenters. The van der Waals surface area contributed by atoms with Crippen LogP contribution in [-0.4, -0.2) is 18.3 Å². The summed E-state index contributed by atoms with van der Waals surface area (Å²) in [5, 5.41) is 0. The van der Waals surface area contributed by atoms with E-state index in [1.807, 2.05) is 0 Å². The number of aldehydes is 2. The number of nitrogens with two attached hydrogens (primary N) is 1. The average Bonchev–Trinajstić information content (AvgIpc) is 2.03. The Bertz CT molecular complexity index is 229. The number of allylic oxidation sites excluding steroid dienone is 2. The number of hydrogen-bond acceptors (Lipinski definition) is 4. The molecule has 0 radical (unpaired) electrons. The van der Waals surface area contributed by atoms with E-state index in [4.69, 9.17) is 5.73 Å². The minimum atomic E-state index is -0.0438. The summed E-state index contributed by atoms with van der Waals surface area (Å²) in [4.78, 5) is 23.7. The molecule has 58 valence electrons. The lowest BCUT2D eigenvalue weighted by atomic mass is 10.3. The van der Waals surface area contributed by atoms with E-state index >= 15 is 0 Å². The minimum Gasteiger partial charge on any atom is -0.396 e. The molecule has 0 fully saturated rings. The molecule has 0 saturated carbocycles. The molecule has 0 amide bonds. The van der Waals surface area contributed by atoms with Gasteiger partial charge in [0.1, 0.15) is 5.71 Å². The van der Waals surface area contributed by atoms with Crippen LogP contribution in [-0.2, 0) is 9.59 Å². The Morgan fingerprint density at radius 3 is 2.36 bits per heavy atom. The van der Waals surface area contributed by atoms with Gasteiger partial charge in [-0.05, 0) is 6.08 Å². The second-order valence-corrected chi connectivity index (χ2v) is 1.62. The lowest BCUT2D eigenvalue weighted by molar-refractivity contribution is -0.105. The molecule has 0 aromatic rings. The average molecular weight is 152 g/mol. The predicted octanol–water partition coefficient (Wildman–Crippen LogP) is -0.189. The van der Waals surface area contributed by atoms with Crippen molar-refractivity contribution in [1.82, 2.24) is 0 Å². The smallest absolute Gasteiger partial charge is 0.168 e. The van der Waals surface area contributed by atoms with Gasteiger partial charge in [0.15, 0.2) is 12.6 Å². The first-order valence-electron chi connectivity index (χ1n) is 2.80. The number of carbonyl (C=O) groups excluding carboxylic acids is 2. The van der Waals surface area contributed by atoms with E-state index in [1.165, 1.54) is 12.3 Å². The number of hydrogen-bond donors (Lipinski definition) is 1. The molecular formula is C7H8N2O2. The van der Waals surface area contributed by atoms with Crippen LogP contribution < -0.4 is 5.73 Å². The van der Waals surface area contributed by atoms with E-state index in [-0.39, 0.29) is 11.4 Å². The van der Waals surface area contributed by atoms with Gasteiger partial charge in [0.25, 0.3) is 0 Å². The van der Waals surface area contributed by atoms with Crippen molar-refractivity contribution in [1.29, 1.82) is 0 Å². The number of carbonyl (C=O) groups is 2. The van der Waals surface area contributed by atoms with Crippen molar-refractivity contribution in [2.45, 2.75) is 0 Å². The summed E-state index contributed by atoms with van der Waals surface area (Å²) in [7, 11) is 0. The molecule has 4 heteroatoms. The Hall–Kier alpha value is -1.71. The third-order valence-electron chi connectivity index (χ3n) is 0.812. The topological polar surface area (TPSA) is 72.5 Å². The van der Waals surface area contributed by atoms with Crippen LogP contribution in [0.1, 0.15) is 0 Å². The first kappa shape index (κ1) is 9.29. The molecule has 0 aliphatic heterocycles. The standard InChI is InChI=1S/C7H8N2O2/c1-2-9-7(5-11)3-6(8)4-10/h2-5H,1,8H2/b6-3-,9-7+. The van der Waals surface area contributed by atoms with Gasteiger partial charge in [-0.2, -0.15) is 0 Å². The second kappa shape index (κ2) is 5.10. The van der Waals surface area contributed by atoms with Gasteiger partial charge in [-0.15, -0.1) is 0 Å². The van der Waals surface area contributed by atoms with E-state index in [1.54, 1.807) is 0 Å². The number of nitrogens with zero attached hydrogens (tertiary/aromatic N) is 1. The summed E-state index contributed by atoms with van der Waals surface area (Å²) >= 11 is 0. The molecule has 4 nitrogen and oxygen atoms in total. The summed E-state index contributed by atoms with van der Waals surface area (Å²) in [6.07, 6.45) is 3.28. The SMILES string of the molecule is C=C/N=C(C=O)\C=C(/N)C=O. The Morgan fingerprint density at radius 1 is 1.36 bits per heavy atom. The molecule has 0 bridgehead atoms. The maximum Gasteiger partial charge on any atom is 0.168 e. The summed E-state index contributed by atoms with van der Waals surface area (Å²) in [6.45, 7) is 3.28. The van der Waals surface area contributed by atoms with Crippen LogP contribution in [0.15, 0.2) is 29.5 Å². The molecule has 0 saturated heterocycles. The largest absolute Gasteiger partial charge is 0.396 e. The van der Waals surface area contributed by atoms with E-state index in [9.17, 15) is 9.59 Å². The van der Waals surface area contributed by atoms with Crippen LogP contribution in [0.25, 0.3) is 0 Å². The fourth-order valence-corrected chi connectivity index (χ4v) is 0.412. The minimum absolute atomic E-state index is 0.0438. The number of aliphatic imine (C=N–C) groups is 1. The van der Waals surface area contributed by atoms with Crippen LogP contribution in [0.4, 0.5) is 0 Å². The number of rotatable bonds is 4. The van der Waals surface area contributed by atoms with E-state index in [0.29, 0.717) is 12.6 Å². The quantitative estimate of drug-likeness (QED) is 0.345. The highest BCUT2D eigenvalue weighted by Crippen LogP contribution is 1.82. The Labute approximate surface area is 64.1 Å². The van der Waals surface area contributed by atoms with Gasteiger partial charge in [0.2, 0.25) is 0 Å². The first-order chi connectivity index (χ1) is 5.24. The molecule has 0 aliphatic rings. The van der Waals surface area contributed by atoms with Crippen LogP contribution in [0.3, 0.4) is 0 Å². The highest BCUT2D eigenvalue weighted by atomic mass is 16.1. The van der Waals surface area contributed by atoms with E-state index < -0.39 is 0 Å². The molecular weight excluding hydrogens is 144 g/mol. The van der Waals surface area contributed by atoms with Crippen molar-refractivity contribution in [3.63, 3.8) is 0 Å². The molecule has 0 aromatic heterocycles. The van der Waals surface area contributed by atoms with Crippen LogP contribution in [0, 0.1) is 0 Å². The molecule has 0 spiro atoms. The Kier molecular flexibility index (Phi) is 4.31. The highest BCUT2D eigenvalue weighted by Gasteiger charge is 1.91. The normalized spacial score (nSPS) is 12.4. The van der Waals surface area contributed by atoms with Crippen molar-refractivity contribution in [2.75, 3.05) is 0 Å². The van der Waals surface area contributed by atoms with Crippen molar-refractivity contribution in [2.24, 2.45) is 10.7 Å². The van der Waals surface area contributed by atoms with Gasteiger partial charge >= 0.3 is 0 Å². The van der Waals surface area contributed by atoms with Crippen LogP contribution in [0.2, 0.25) is 0 Å². The fourth-order valence-electron chi connectivity index (χ4n) is 0.412. The van der Waals surface area contributed by atoms with Gasteiger partial charge in [0.05, 0.1) is 5.70 Å². The lowest BCUT2D eigenvalue weighted by Gasteiger charge is -1.87. The molecule has 0 heterocycles. The molecule has 0 unspecified atom stereocenters.